The molecule has 5 aromatic rings. The molecule has 0 atom stereocenters. The number of halogens is 2. The average molecular weight is 518 g/mol. The van der Waals surface area contributed by atoms with Crippen LogP contribution in [0.5, 0.6) is 5.75 Å². The molecule has 0 bridgehead atoms. The molecule has 0 aliphatic carbocycles. The molecule has 3 N–H and O–H groups in total. The number of para-hydroxylation sites is 1. The summed E-state index contributed by atoms with van der Waals surface area (Å²) in [5.74, 6) is 0.730. The number of imidazole rings is 1. The molecule has 0 saturated carbocycles. The van der Waals surface area contributed by atoms with Crippen LogP contribution in [0.25, 0.3) is 22.6 Å². The number of nitrogens with zero attached hydrogens (tertiary/aromatic N) is 9. The predicted molar refractivity (Wildman–Crippen MR) is 132 cm³/mol. The van der Waals surface area contributed by atoms with Gasteiger partial charge in [0.1, 0.15) is 17.4 Å². The number of methoxy groups -OCH3 is 1. The largest absolute Gasteiger partial charge is 0.494 e. The van der Waals surface area contributed by atoms with Gasteiger partial charge in [0, 0.05) is 6.07 Å². The molecule has 0 radical (unpaired) electrons. The molecule has 0 unspecified atom stereocenters. The topological polar surface area (TPSA) is 168 Å². The lowest BCUT2D eigenvalue weighted by molar-refractivity contribution is 0.142. The molecule has 0 aliphatic rings. The van der Waals surface area contributed by atoms with Crippen LogP contribution in [0.4, 0.5) is 31.8 Å². The van der Waals surface area contributed by atoms with Gasteiger partial charge in [0.15, 0.2) is 28.7 Å². The number of nitriles is 1. The monoisotopic (exact) mass is 518 g/mol. The Morgan fingerprint density at radius 3 is 2.68 bits per heavy atom. The van der Waals surface area contributed by atoms with E-state index in [1.807, 2.05) is 13.0 Å². The fourth-order valence-electron chi connectivity index (χ4n) is 3.79. The molecule has 15 heteroatoms. The van der Waals surface area contributed by atoms with E-state index in [0.717, 1.165) is 0 Å². The van der Waals surface area contributed by atoms with Crippen LogP contribution in [0.3, 0.4) is 0 Å². The minimum Gasteiger partial charge on any atom is -0.494 e. The fraction of sp³-hybridized carbons (Fsp3) is 0.217. The highest BCUT2D eigenvalue weighted by atomic mass is 19.3. The molecule has 0 saturated heterocycles. The Labute approximate surface area is 213 Å². The quantitative estimate of drug-likeness (QED) is 0.273. The Morgan fingerprint density at radius 1 is 1.16 bits per heavy atom. The van der Waals surface area contributed by atoms with E-state index in [0.29, 0.717) is 40.6 Å². The van der Waals surface area contributed by atoms with E-state index in [4.69, 9.17) is 4.74 Å². The summed E-state index contributed by atoms with van der Waals surface area (Å²) in [6.45, 7) is 1.87. The van der Waals surface area contributed by atoms with Gasteiger partial charge in [0.25, 0.3) is 6.43 Å². The Balaban J connectivity index is 1.59. The van der Waals surface area contributed by atoms with Crippen molar-refractivity contribution in [3.8, 4) is 23.2 Å². The van der Waals surface area contributed by atoms with Crippen LogP contribution in [0.1, 0.15) is 30.6 Å². The summed E-state index contributed by atoms with van der Waals surface area (Å²) < 4.78 is 32.6. The number of pyridine rings is 1. The summed E-state index contributed by atoms with van der Waals surface area (Å²) in [4.78, 5) is 20.8. The third-order valence-electron chi connectivity index (χ3n) is 5.46. The molecular formula is C23H20F2N12O. The van der Waals surface area contributed by atoms with Crippen LogP contribution >= 0.6 is 0 Å². The zero-order valence-corrected chi connectivity index (χ0v) is 20.4. The summed E-state index contributed by atoms with van der Waals surface area (Å²) in [5, 5.41) is 27.7. The number of fused-ring (bicyclic) bond motifs is 1. The SMILES string of the molecule is CCc1ncc(Nc2cc(Nc3cccc(-c4nnn(C)n4)c3OC)c3nc(C(F)F)[nH]c3n2)nc1C#N. The van der Waals surface area contributed by atoms with Crippen molar-refractivity contribution in [1.29, 1.82) is 5.26 Å². The number of tetrazole rings is 1. The van der Waals surface area contributed by atoms with Gasteiger partial charge in [-0.05, 0) is 23.8 Å². The van der Waals surface area contributed by atoms with E-state index >= 15 is 0 Å². The fourth-order valence-corrected chi connectivity index (χ4v) is 3.79. The van der Waals surface area contributed by atoms with Crippen molar-refractivity contribution < 1.29 is 13.5 Å². The van der Waals surface area contributed by atoms with Crippen molar-refractivity contribution >= 4 is 34.2 Å². The molecule has 1 aromatic carbocycles. The van der Waals surface area contributed by atoms with Crippen molar-refractivity contribution in [2.45, 2.75) is 19.8 Å². The van der Waals surface area contributed by atoms with Gasteiger partial charge in [-0.25, -0.2) is 23.7 Å². The minimum atomic E-state index is -2.83. The number of hydrogen-bond acceptors (Lipinski definition) is 11. The van der Waals surface area contributed by atoms with Gasteiger partial charge in [0.05, 0.1) is 43.0 Å². The van der Waals surface area contributed by atoms with E-state index in [1.165, 1.54) is 18.1 Å². The Morgan fingerprint density at radius 2 is 2.00 bits per heavy atom. The normalized spacial score (nSPS) is 11.1. The third-order valence-corrected chi connectivity index (χ3v) is 5.46. The lowest BCUT2D eigenvalue weighted by atomic mass is 10.1. The number of nitrogens with one attached hydrogen (secondary N) is 3. The Kier molecular flexibility index (Phi) is 6.44. The van der Waals surface area contributed by atoms with Gasteiger partial charge in [-0.3, -0.25) is 4.98 Å². The van der Waals surface area contributed by atoms with Crippen LogP contribution in [-0.2, 0) is 13.5 Å². The van der Waals surface area contributed by atoms with Crippen molar-refractivity contribution in [2.24, 2.45) is 7.05 Å². The second-order valence-corrected chi connectivity index (χ2v) is 7.93. The summed E-state index contributed by atoms with van der Waals surface area (Å²) in [6, 6.07) is 8.87. The number of anilines is 4. The minimum absolute atomic E-state index is 0.108. The smallest absolute Gasteiger partial charge is 0.295 e. The number of aromatic amines is 1. The van der Waals surface area contributed by atoms with E-state index < -0.39 is 12.2 Å². The van der Waals surface area contributed by atoms with Crippen LogP contribution < -0.4 is 15.4 Å². The Hall–Kier alpha value is -5.26. The first-order chi connectivity index (χ1) is 18.4. The molecule has 38 heavy (non-hydrogen) atoms. The highest BCUT2D eigenvalue weighted by molar-refractivity contribution is 5.92. The first-order valence-corrected chi connectivity index (χ1v) is 11.3. The molecule has 4 aromatic heterocycles. The molecule has 0 fully saturated rings. The lowest BCUT2D eigenvalue weighted by Gasteiger charge is -2.15. The van der Waals surface area contributed by atoms with Gasteiger partial charge < -0.3 is 20.4 Å². The number of hydrogen-bond donors (Lipinski definition) is 3. The van der Waals surface area contributed by atoms with E-state index in [9.17, 15) is 14.0 Å². The molecule has 4 heterocycles. The van der Waals surface area contributed by atoms with Crippen LogP contribution in [0.2, 0.25) is 0 Å². The van der Waals surface area contributed by atoms with Crippen molar-refractivity contribution in [2.75, 3.05) is 17.7 Å². The molecule has 5 rings (SSSR count). The van der Waals surface area contributed by atoms with Crippen molar-refractivity contribution in [1.82, 2.24) is 45.1 Å². The second kappa shape index (κ2) is 10.0. The number of rotatable bonds is 8. The molecule has 192 valence electrons. The van der Waals surface area contributed by atoms with Crippen LogP contribution in [0, 0.1) is 11.3 Å². The number of H-pyrrole nitrogens is 1. The summed E-state index contributed by atoms with van der Waals surface area (Å²) >= 11 is 0. The standard InChI is InChI=1S/C23H20F2N12O/c1-4-12-15(9-26)29-17(10-27-12)30-16-8-14(18-22(31-16)33-23(32-18)20(24)25)28-13-7-5-6-11(19(13)38-3)21-34-36-37(2)35-21/h5-8,10,20H,4H2,1-3H3,(H3,28,29,30,31,32,33). The zero-order valence-electron chi connectivity index (χ0n) is 20.4. The molecule has 0 amide bonds. The van der Waals surface area contributed by atoms with Gasteiger partial charge in [-0.1, -0.05) is 13.0 Å². The van der Waals surface area contributed by atoms with Crippen LogP contribution in [-0.4, -0.2) is 52.2 Å². The van der Waals surface area contributed by atoms with E-state index in [1.54, 1.807) is 31.3 Å². The van der Waals surface area contributed by atoms with Crippen molar-refractivity contribution in [3.63, 3.8) is 0 Å². The summed E-state index contributed by atoms with van der Waals surface area (Å²) in [6.07, 6.45) is -0.819. The molecule has 0 aliphatic heterocycles. The molecule has 0 spiro atoms. The van der Waals surface area contributed by atoms with Gasteiger partial charge in [0.2, 0.25) is 5.82 Å². The van der Waals surface area contributed by atoms with Crippen molar-refractivity contribution in [3.05, 3.63) is 47.7 Å². The van der Waals surface area contributed by atoms with E-state index in [2.05, 4.69) is 51.0 Å². The maximum absolute atomic E-state index is 13.5. The maximum atomic E-state index is 13.5. The number of alkyl halides is 2. The number of ether oxygens (including phenoxy) is 1. The van der Waals surface area contributed by atoms with Crippen LogP contribution in [0.15, 0.2) is 30.5 Å². The highest BCUT2D eigenvalue weighted by Gasteiger charge is 2.20. The predicted octanol–water partition coefficient (Wildman–Crippen LogP) is 3.81. The number of aryl methyl sites for hydroxylation is 2. The lowest BCUT2D eigenvalue weighted by Crippen LogP contribution is -2.04. The highest BCUT2D eigenvalue weighted by Crippen LogP contribution is 2.38. The maximum Gasteiger partial charge on any atom is 0.295 e. The average Bonchev–Trinajstić information content (AvgIpc) is 3.55. The first-order valence-electron chi connectivity index (χ1n) is 11.3. The van der Waals surface area contributed by atoms with Gasteiger partial charge >= 0.3 is 0 Å². The second-order valence-electron chi connectivity index (χ2n) is 7.93. The van der Waals surface area contributed by atoms with Gasteiger partial charge in [-0.2, -0.15) is 10.1 Å². The zero-order chi connectivity index (χ0) is 26.8. The third kappa shape index (κ3) is 4.62. The molecule has 13 nitrogen and oxygen atoms in total. The number of aromatic nitrogens is 9. The number of benzene rings is 1. The Bertz CT molecular complexity index is 1670. The summed E-state index contributed by atoms with van der Waals surface area (Å²) in [7, 11) is 3.13. The summed E-state index contributed by atoms with van der Waals surface area (Å²) in [5.41, 5.74) is 2.44. The van der Waals surface area contributed by atoms with Gasteiger partial charge in [-0.15, -0.1) is 10.2 Å². The first kappa shape index (κ1) is 24.4. The molecular weight excluding hydrogens is 498 g/mol. The van der Waals surface area contributed by atoms with E-state index in [-0.39, 0.29) is 28.5 Å².